The van der Waals surface area contributed by atoms with Crippen molar-refractivity contribution in [1.29, 1.82) is 0 Å². The third-order valence-corrected chi connectivity index (χ3v) is 3.23. The number of hydrogen-bond donors (Lipinski definition) is 0. The standard InChI is InChI=1S/C8H11BrN2/c1-11-8(9)6-4-2-3-5-7(6)10-11/h2-5H2,1H3. The molecule has 1 aromatic heterocycles. The Bertz CT molecular complexity index is 278. The van der Waals surface area contributed by atoms with E-state index in [-0.39, 0.29) is 0 Å². The van der Waals surface area contributed by atoms with Gasteiger partial charge in [0.05, 0.1) is 5.69 Å². The zero-order chi connectivity index (χ0) is 7.84. The molecule has 1 aliphatic carbocycles. The predicted octanol–water partition coefficient (Wildman–Crippen LogP) is 2.06. The van der Waals surface area contributed by atoms with Crippen molar-refractivity contribution in [3.05, 3.63) is 15.9 Å². The van der Waals surface area contributed by atoms with Crippen LogP contribution in [0.3, 0.4) is 0 Å². The van der Waals surface area contributed by atoms with E-state index in [4.69, 9.17) is 0 Å². The molecule has 0 fully saturated rings. The van der Waals surface area contributed by atoms with Crippen LogP contribution in [0.4, 0.5) is 0 Å². The van der Waals surface area contributed by atoms with Gasteiger partial charge in [-0.05, 0) is 41.6 Å². The summed E-state index contributed by atoms with van der Waals surface area (Å²) in [5.41, 5.74) is 2.73. The minimum absolute atomic E-state index is 1.16. The van der Waals surface area contributed by atoms with Crippen molar-refractivity contribution in [1.82, 2.24) is 9.78 Å². The highest BCUT2D eigenvalue weighted by Gasteiger charge is 2.16. The van der Waals surface area contributed by atoms with Crippen LogP contribution in [0.15, 0.2) is 4.60 Å². The lowest BCUT2D eigenvalue weighted by molar-refractivity contribution is 0.664. The first-order chi connectivity index (χ1) is 5.29. The van der Waals surface area contributed by atoms with Crippen LogP contribution in [0.25, 0.3) is 0 Å². The van der Waals surface area contributed by atoms with Gasteiger partial charge < -0.3 is 0 Å². The molecule has 60 valence electrons. The van der Waals surface area contributed by atoms with Crippen LogP contribution in [-0.2, 0) is 19.9 Å². The van der Waals surface area contributed by atoms with E-state index in [2.05, 4.69) is 21.0 Å². The SMILES string of the molecule is Cn1nc2c(c1Br)CCCC2. The smallest absolute Gasteiger partial charge is 0.107 e. The molecular formula is C8H11BrN2. The molecule has 0 amide bonds. The third-order valence-electron chi connectivity index (χ3n) is 2.24. The number of hydrogen-bond acceptors (Lipinski definition) is 1. The summed E-state index contributed by atoms with van der Waals surface area (Å²) in [5.74, 6) is 0. The largest absolute Gasteiger partial charge is 0.261 e. The van der Waals surface area contributed by atoms with Crippen molar-refractivity contribution in [3.63, 3.8) is 0 Å². The summed E-state index contributed by atoms with van der Waals surface area (Å²) in [6.07, 6.45) is 4.98. The van der Waals surface area contributed by atoms with E-state index in [1.807, 2.05) is 11.7 Å². The highest BCUT2D eigenvalue weighted by atomic mass is 79.9. The number of aryl methyl sites for hydroxylation is 2. The summed E-state index contributed by atoms with van der Waals surface area (Å²) in [6.45, 7) is 0. The third kappa shape index (κ3) is 1.11. The number of aromatic nitrogens is 2. The summed E-state index contributed by atoms with van der Waals surface area (Å²) in [5, 5.41) is 4.42. The van der Waals surface area contributed by atoms with Gasteiger partial charge in [-0.15, -0.1) is 0 Å². The summed E-state index contributed by atoms with van der Waals surface area (Å²) >= 11 is 3.54. The van der Waals surface area contributed by atoms with E-state index >= 15 is 0 Å². The molecule has 2 nitrogen and oxygen atoms in total. The Morgan fingerprint density at radius 1 is 1.36 bits per heavy atom. The molecule has 0 radical (unpaired) electrons. The number of rotatable bonds is 0. The molecule has 1 aromatic rings. The Morgan fingerprint density at radius 2 is 2.09 bits per heavy atom. The lowest BCUT2D eigenvalue weighted by atomic mass is 9.99. The fraction of sp³-hybridized carbons (Fsp3) is 0.625. The van der Waals surface area contributed by atoms with Gasteiger partial charge in [0.25, 0.3) is 0 Å². The molecule has 1 aliphatic rings. The van der Waals surface area contributed by atoms with Crippen molar-refractivity contribution in [2.45, 2.75) is 25.7 Å². The van der Waals surface area contributed by atoms with E-state index in [0.29, 0.717) is 0 Å². The summed E-state index contributed by atoms with van der Waals surface area (Å²) in [4.78, 5) is 0. The first-order valence-corrected chi connectivity index (χ1v) is 4.78. The van der Waals surface area contributed by atoms with Gasteiger partial charge >= 0.3 is 0 Å². The molecule has 0 aliphatic heterocycles. The number of halogens is 1. The van der Waals surface area contributed by atoms with Crippen molar-refractivity contribution in [3.8, 4) is 0 Å². The summed E-state index contributed by atoms with van der Waals surface area (Å²) in [7, 11) is 1.99. The number of fused-ring (bicyclic) bond motifs is 1. The maximum atomic E-state index is 4.42. The molecule has 0 N–H and O–H groups in total. The van der Waals surface area contributed by atoms with E-state index in [9.17, 15) is 0 Å². The van der Waals surface area contributed by atoms with Gasteiger partial charge in [0.15, 0.2) is 0 Å². The predicted molar refractivity (Wildman–Crippen MR) is 47.6 cm³/mol. The molecule has 0 unspecified atom stereocenters. The fourth-order valence-corrected chi connectivity index (χ4v) is 2.15. The van der Waals surface area contributed by atoms with Crippen LogP contribution >= 0.6 is 15.9 Å². The van der Waals surface area contributed by atoms with E-state index in [1.165, 1.54) is 35.1 Å². The lowest BCUT2D eigenvalue weighted by Crippen LogP contribution is -2.00. The molecule has 11 heavy (non-hydrogen) atoms. The normalized spacial score (nSPS) is 16.5. The topological polar surface area (TPSA) is 17.8 Å². The second kappa shape index (κ2) is 2.63. The van der Waals surface area contributed by atoms with Crippen molar-refractivity contribution in [2.24, 2.45) is 7.05 Å². The van der Waals surface area contributed by atoms with Crippen molar-refractivity contribution in [2.75, 3.05) is 0 Å². The Hall–Kier alpha value is -0.310. The minimum atomic E-state index is 1.16. The van der Waals surface area contributed by atoms with Crippen LogP contribution in [0, 0.1) is 0 Å². The zero-order valence-corrected chi connectivity index (χ0v) is 8.19. The molecule has 0 spiro atoms. The Kier molecular flexibility index (Phi) is 1.75. The summed E-state index contributed by atoms with van der Waals surface area (Å²) < 4.78 is 3.10. The van der Waals surface area contributed by atoms with Crippen LogP contribution in [-0.4, -0.2) is 9.78 Å². The molecule has 0 saturated heterocycles. The molecule has 0 aromatic carbocycles. The first-order valence-electron chi connectivity index (χ1n) is 3.99. The van der Waals surface area contributed by atoms with Gasteiger partial charge in [0, 0.05) is 12.6 Å². The van der Waals surface area contributed by atoms with Crippen molar-refractivity contribution >= 4 is 15.9 Å². The number of nitrogens with zero attached hydrogens (tertiary/aromatic N) is 2. The molecule has 1 heterocycles. The monoisotopic (exact) mass is 214 g/mol. The lowest BCUT2D eigenvalue weighted by Gasteiger charge is -2.08. The van der Waals surface area contributed by atoms with Gasteiger partial charge in [-0.2, -0.15) is 5.10 Å². The Balaban J connectivity index is 2.50. The second-order valence-corrected chi connectivity index (χ2v) is 3.80. The van der Waals surface area contributed by atoms with Crippen molar-refractivity contribution < 1.29 is 0 Å². The fourth-order valence-electron chi connectivity index (χ4n) is 1.64. The quantitative estimate of drug-likeness (QED) is 0.647. The highest BCUT2D eigenvalue weighted by molar-refractivity contribution is 9.10. The van der Waals surface area contributed by atoms with E-state index < -0.39 is 0 Å². The average molecular weight is 215 g/mol. The van der Waals surface area contributed by atoms with Gasteiger partial charge in [-0.3, -0.25) is 4.68 Å². The molecule has 2 rings (SSSR count). The molecule has 0 saturated carbocycles. The summed E-state index contributed by atoms with van der Waals surface area (Å²) in [6, 6.07) is 0. The van der Waals surface area contributed by atoms with Gasteiger partial charge in [0.1, 0.15) is 4.60 Å². The zero-order valence-electron chi connectivity index (χ0n) is 6.60. The Labute approximate surface area is 74.7 Å². The van der Waals surface area contributed by atoms with E-state index in [0.717, 1.165) is 6.42 Å². The average Bonchev–Trinajstić information content (AvgIpc) is 2.30. The van der Waals surface area contributed by atoms with Crippen LogP contribution in [0.2, 0.25) is 0 Å². The maximum absolute atomic E-state index is 4.42. The molecule has 0 atom stereocenters. The van der Waals surface area contributed by atoms with Gasteiger partial charge in [-0.25, -0.2) is 0 Å². The van der Waals surface area contributed by atoms with Crippen LogP contribution < -0.4 is 0 Å². The molecular weight excluding hydrogens is 204 g/mol. The second-order valence-electron chi connectivity index (χ2n) is 3.05. The maximum Gasteiger partial charge on any atom is 0.107 e. The van der Waals surface area contributed by atoms with E-state index in [1.54, 1.807) is 0 Å². The van der Waals surface area contributed by atoms with Gasteiger partial charge in [-0.1, -0.05) is 0 Å². The van der Waals surface area contributed by atoms with Crippen LogP contribution in [0.1, 0.15) is 24.1 Å². The Morgan fingerprint density at radius 3 is 2.82 bits per heavy atom. The molecule has 0 bridgehead atoms. The van der Waals surface area contributed by atoms with Gasteiger partial charge in [0.2, 0.25) is 0 Å². The highest BCUT2D eigenvalue weighted by Crippen LogP contribution is 2.26. The van der Waals surface area contributed by atoms with Crippen LogP contribution in [0.5, 0.6) is 0 Å². The molecule has 3 heteroatoms. The minimum Gasteiger partial charge on any atom is -0.261 e. The first kappa shape index (κ1) is 7.35.